The van der Waals surface area contributed by atoms with Crippen LogP contribution in [0.2, 0.25) is 0 Å². The predicted molar refractivity (Wildman–Crippen MR) is 73.9 cm³/mol. The monoisotopic (exact) mass is 444 g/mol. The third-order valence-corrected chi connectivity index (χ3v) is 2.17. The van der Waals surface area contributed by atoms with Gasteiger partial charge in [0.25, 0.3) is 0 Å². The van der Waals surface area contributed by atoms with Crippen molar-refractivity contribution in [1.29, 1.82) is 0 Å². The molecule has 0 aromatic carbocycles. The molecule has 0 saturated carbocycles. The summed E-state index contributed by atoms with van der Waals surface area (Å²) in [5, 5.41) is 34.5. The molecule has 16 heteroatoms. The van der Waals surface area contributed by atoms with Gasteiger partial charge < -0.3 is 29.5 Å². The van der Waals surface area contributed by atoms with Gasteiger partial charge in [-0.3, -0.25) is 37.4 Å². The molecule has 0 radical (unpaired) electrons. The van der Waals surface area contributed by atoms with Crippen molar-refractivity contribution in [3.63, 3.8) is 0 Å². The Bertz CT molecular complexity index is 505. The van der Waals surface area contributed by atoms with E-state index >= 15 is 0 Å². The third kappa shape index (κ3) is 27.1. The van der Waals surface area contributed by atoms with E-state index in [9.17, 15) is 19.2 Å². The van der Waals surface area contributed by atoms with Crippen molar-refractivity contribution in [2.75, 3.05) is 39.3 Å². The standard InChI is InChI=1S/C10H16N2O8.Fe.H2O4S/c13-7(14)3-11(4-8(15)16)1-2-12(5-9(17)18)6-10(19)20;;1-5(2,3)4/h1-6H2,(H,13,14)(H,15,16)(H,17,18)(H,19,20);;(H2,1,2,3,4)/q;+2;/p-2. The fraction of sp³-hybridized carbons (Fsp3) is 0.600. The summed E-state index contributed by atoms with van der Waals surface area (Å²) >= 11 is 0. The summed E-state index contributed by atoms with van der Waals surface area (Å²) in [4.78, 5) is 44.4. The first-order chi connectivity index (χ1) is 11.2. The van der Waals surface area contributed by atoms with Crippen LogP contribution in [0, 0.1) is 0 Å². The maximum Gasteiger partial charge on any atom is 2.00 e. The maximum atomic E-state index is 10.6. The minimum atomic E-state index is -5.17. The molecule has 152 valence electrons. The van der Waals surface area contributed by atoms with Crippen LogP contribution >= 0.6 is 0 Å². The summed E-state index contributed by atoms with van der Waals surface area (Å²) in [7, 11) is -5.17. The van der Waals surface area contributed by atoms with Crippen molar-refractivity contribution < 1.29 is 74.2 Å². The summed E-state index contributed by atoms with van der Waals surface area (Å²) < 4.78 is 34.1. The molecular weight excluding hydrogens is 428 g/mol. The number of aliphatic carboxylic acids is 4. The van der Waals surface area contributed by atoms with Crippen LogP contribution in [-0.2, 0) is 46.6 Å². The number of hydrogen-bond donors (Lipinski definition) is 4. The van der Waals surface area contributed by atoms with E-state index in [1.807, 2.05) is 0 Å². The van der Waals surface area contributed by atoms with Gasteiger partial charge in [0.05, 0.1) is 26.2 Å². The predicted octanol–water partition coefficient (Wildman–Crippen LogP) is -3.41. The Labute approximate surface area is 158 Å². The normalized spacial score (nSPS) is 10.5. The van der Waals surface area contributed by atoms with Crippen LogP contribution in [-0.4, -0.2) is 111 Å². The van der Waals surface area contributed by atoms with Crippen molar-refractivity contribution in [3.8, 4) is 0 Å². The smallest absolute Gasteiger partial charge is 0.759 e. The first-order valence-electron chi connectivity index (χ1n) is 6.19. The Hall–Kier alpha value is -1.81. The van der Waals surface area contributed by atoms with Crippen LogP contribution in [0.15, 0.2) is 0 Å². The van der Waals surface area contributed by atoms with Gasteiger partial charge in [0.1, 0.15) is 0 Å². The maximum absolute atomic E-state index is 10.6. The van der Waals surface area contributed by atoms with Gasteiger partial charge in [0, 0.05) is 23.5 Å². The van der Waals surface area contributed by atoms with Gasteiger partial charge in [0.15, 0.2) is 0 Å². The molecule has 0 aliphatic rings. The van der Waals surface area contributed by atoms with Gasteiger partial charge in [-0.15, -0.1) is 0 Å². The SMILES string of the molecule is O=C(O)CN(CCN(CC(=O)O)CC(=O)O)CC(=O)O.O=S(=O)([O-])[O-].[Fe+2]. The van der Waals surface area contributed by atoms with Crippen molar-refractivity contribution in [2.45, 2.75) is 0 Å². The quantitative estimate of drug-likeness (QED) is 0.138. The van der Waals surface area contributed by atoms with E-state index in [2.05, 4.69) is 0 Å². The molecule has 0 aromatic rings. The topological polar surface area (TPSA) is 236 Å². The van der Waals surface area contributed by atoms with Crippen LogP contribution < -0.4 is 0 Å². The summed E-state index contributed by atoms with van der Waals surface area (Å²) in [6.07, 6.45) is 0. The molecule has 0 aromatic heterocycles. The summed E-state index contributed by atoms with van der Waals surface area (Å²) in [6.45, 7) is -2.25. The fourth-order valence-electron chi connectivity index (χ4n) is 1.48. The first kappa shape index (κ1) is 29.0. The minimum absolute atomic E-state index is 0. The van der Waals surface area contributed by atoms with Gasteiger partial charge in [-0.25, -0.2) is 0 Å². The van der Waals surface area contributed by atoms with Gasteiger partial charge in [-0.1, -0.05) is 0 Å². The largest absolute Gasteiger partial charge is 2.00 e. The molecule has 0 rings (SSSR count). The van der Waals surface area contributed by atoms with Crippen LogP contribution in [0.5, 0.6) is 0 Å². The van der Waals surface area contributed by atoms with E-state index in [0.29, 0.717) is 0 Å². The zero-order chi connectivity index (χ0) is 20.2. The van der Waals surface area contributed by atoms with Gasteiger partial charge in [0.2, 0.25) is 0 Å². The van der Waals surface area contributed by atoms with Crippen molar-refractivity contribution in [1.82, 2.24) is 9.80 Å². The van der Waals surface area contributed by atoms with Crippen molar-refractivity contribution in [2.24, 2.45) is 0 Å². The summed E-state index contributed by atoms with van der Waals surface area (Å²) in [6, 6.07) is 0. The molecule has 14 nitrogen and oxygen atoms in total. The molecule has 4 N–H and O–H groups in total. The number of carbonyl (C=O) groups is 4. The van der Waals surface area contributed by atoms with E-state index < -0.39 is 60.5 Å². The molecule has 0 unspecified atom stereocenters. The second-order valence-electron chi connectivity index (χ2n) is 4.40. The molecule has 0 heterocycles. The Morgan fingerprint density at radius 1 is 0.654 bits per heavy atom. The van der Waals surface area contributed by atoms with E-state index in [1.54, 1.807) is 0 Å². The molecule has 0 atom stereocenters. The number of hydrogen-bond acceptors (Lipinski definition) is 10. The zero-order valence-electron chi connectivity index (χ0n) is 13.0. The Balaban J connectivity index is -0.000000772. The Morgan fingerprint density at radius 2 is 0.808 bits per heavy atom. The molecule has 26 heavy (non-hydrogen) atoms. The van der Waals surface area contributed by atoms with Crippen LogP contribution in [0.3, 0.4) is 0 Å². The zero-order valence-corrected chi connectivity index (χ0v) is 14.9. The van der Waals surface area contributed by atoms with Gasteiger partial charge in [-0.05, 0) is 0 Å². The summed E-state index contributed by atoms with van der Waals surface area (Å²) in [5.74, 6) is -4.91. The molecule has 0 bridgehead atoms. The Morgan fingerprint density at radius 3 is 0.923 bits per heavy atom. The van der Waals surface area contributed by atoms with E-state index in [1.165, 1.54) is 0 Å². The third-order valence-electron chi connectivity index (χ3n) is 2.17. The number of carboxylic acids is 4. The van der Waals surface area contributed by atoms with Crippen molar-refractivity contribution in [3.05, 3.63) is 0 Å². The average Bonchev–Trinajstić information content (AvgIpc) is 2.30. The van der Waals surface area contributed by atoms with Crippen molar-refractivity contribution >= 4 is 34.3 Å². The van der Waals surface area contributed by atoms with Crippen LogP contribution in [0.25, 0.3) is 0 Å². The van der Waals surface area contributed by atoms with E-state index in [-0.39, 0.29) is 30.2 Å². The molecule has 0 spiro atoms. The van der Waals surface area contributed by atoms with E-state index in [0.717, 1.165) is 9.80 Å². The second kappa shape index (κ2) is 14.4. The molecule has 0 saturated heterocycles. The second-order valence-corrected chi connectivity index (χ2v) is 5.22. The van der Waals surface area contributed by atoms with Gasteiger partial charge >= 0.3 is 40.9 Å². The number of carboxylic acid groups (broad SMARTS) is 4. The Kier molecular flexibility index (Phi) is 16.0. The van der Waals surface area contributed by atoms with Crippen LogP contribution in [0.1, 0.15) is 0 Å². The van der Waals surface area contributed by atoms with Crippen LogP contribution in [0.4, 0.5) is 0 Å². The molecule has 0 fully saturated rings. The molecular formula is C10H16FeN2O12S. The number of rotatable bonds is 11. The van der Waals surface area contributed by atoms with E-state index in [4.69, 9.17) is 37.9 Å². The first-order valence-corrected chi connectivity index (χ1v) is 7.52. The van der Waals surface area contributed by atoms with Gasteiger partial charge in [-0.2, -0.15) is 0 Å². The number of nitrogens with zero attached hydrogens (tertiary/aromatic N) is 2. The molecule has 0 amide bonds. The molecule has 0 aliphatic heterocycles. The molecule has 0 aliphatic carbocycles. The fourth-order valence-corrected chi connectivity index (χ4v) is 1.48. The average molecular weight is 444 g/mol. The summed E-state index contributed by atoms with van der Waals surface area (Å²) in [5.41, 5.74) is 0. The minimum Gasteiger partial charge on any atom is -0.759 e.